The van der Waals surface area contributed by atoms with Gasteiger partial charge in [0.25, 0.3) is 5.56 Å². The van der Waals surface area contributed by atoms with Crippen molar-refractivity contribution >= 4 is 22.9 Å². The van der Waals surface area contributed by atoms with Crippen LogP contribution in [0, 0.1) is 5.92 Å². The van der Waals surface area contributed by atoms with Crippen molar-refractivity contribution in [2.75, 3.05) is 24.5 Å². The van der Waals surface area contributed by atoms with E-state index in [0.29, 0.717) is 36.6 Å². The maximum absolute atomic E-state index is 12.5. The van der Waals surface area contributed by atoms with Crippen molar-refractivity contribution in [1.82, 2.24) is 19.9 Å². The van der Waals surface area contributed by atoms with Crippen molar-refractivity contribution in [1.29, 1.82) is 0 Å². The number of rotatable bonds is 3. The van der Waals surface area contributed by atoms with E-state index in [0.717, 1.165) is 12.8 Å². The third kappa shape index (κ3) is 2.91. The molecule has 7 heteroatoms. The summed E-state index contributed by atoms with van der Waals surface area (Å²) < 4.78 is 1.54. The van der Waals surface area contributed by atoms with E-state index in [4.69, 9.17) is 0 Å². The molecule has 0 aromatic carbocycles. The molecular weight excluding hydrogens is 294 g/mol. The summed E-state index contributed by atoms with van der Waals surface area (Å²) in [5.41, 5.74) is 1.14. The number of amides is 1. The first-order valence-electron chi connectivity index (χ1n) is 7.96. The molecule has 1 N–H and O–H groups in total. The fourth-order valence-electron chi connectivity index (χ4n) is 3.02. The molecule has 23 heavy (non-hydrogen) atoms. The van der Waals surface area contributed by atoms with Crippen molar-refractivity contribution in [3.8, 4) is 0 Å². The maximum Gasteiger partial charge on any atom is 0.294 e. The zero-order chi connectivity index (χ0) is 16.4. The van der Waals surface area contributed by atoms with Crippen molar-refractivity contribution in [3.05, 3.63) is 28.7 Å². The Morgan fingerprint density at radius 2 is 2.13 bits per heavy atom. The van der Waals surface area contributed by atoms with E-state index in [1.165, 1.54) is 4.57 Å². The molecule has 2 aromatic rings. The van der Waals surface area contributed by atoms with Gasteiger partial charge in [0.1, 0.15) is 5.52 Å². The minimum Gasteiger partial charge on any atom is -0.356 e. The number of piperidine rings is 1. The first-order chi connectivity index (χ1) is 11.1. The van der Waals surface area contributed by atoms with Crippen LogP contribution in [0.1, 0.15) is 19.8 Å². The highest BCUT2D eigenvalue weighted by Gasteiger charge is 2.27. The first kappa shape index (κ1) is 15.5. The van der Waals surface area contributed by atoms with Crippen LogP contribution < -0.4 is 15.8 Å². The Morgan fingerprint density at radius 1 is 1.39 bits per heavy atom. The first-order valence-corrected chi connectivity index (χ1v) is 7.96. The predicted molar refractivity (Wildman–Crippen MR) is 88.4 cm³/mol. The molecule has 122 valence electrons. The number of hydrogen-bond donors (Lipinski definition) is 1. The van der Waals surface area contributed by atoms with Gasteiger partial charge in [-0.1, -0.05) is 0 Å². The lowest BCUT2D eigenvalue weighted by Gasteiger charge is -2.31. The van der Waals surface area contributed by atoms with E-state index < -0.39 is 0 Å². The van der Waals surface area contributed by atoms with E-state index in [2.05, 4.69) is 15.3 Å². The van der Waals surface area contributed by atoms with Crippen molar-refractivity contribution in [3.63, 3.8) is 0 Å². The molecule has 1 aliphatic rings. The van der Waals surface area contributed by atoms with Gasteiger partial charge in [0.05, 0.1) is 0 Å². The summed E-state index contributed by atoms with van der Waals surface area (Å²) in [7, 11) is 1.71. The number of aryl methyl sites for hydroxylation is 1. The number of hydrogen-bond acceptors (Lipinski definition) is 5. The molecule has 0 radical (unpaired) electrons. The fraction of sp³-hybridized carbons (Fsp3) is 0.500. The molecule has 0 spiro atoms. The van der Waals surface area contributed by atoms with Crippen LogP contribution in [-0.2, 0) is 11.8 Å². The highest BCUT2D eigenvalue weighted by molar-refractivity contribution is 5.79. The molecular formula is C16H21N5O2. The number of anilines is 1. The third-order valence-electron chi connectivity index (χ3n) is 4.32. The molecule has 7 nitrogen and oxygen atoms in total. The molecule has 1 amide bonds. The van der Waals surface area contributed by atoms with Crippen molar-refractivity contribution < 1.29 is 4.79 Å². The highest BCUT2D eigenvalue weighted by Crippen LogP contribution is 2.21. The van der Waals surface area contributed by atoms with Crippen LogP contribution in [-0.4, -0.2) is 40.1 Å². The molecule has 0 bridgehead atoms. The van der Waals surface area contributed by atoms with E-state index in [-0.39, 0.29) is 17.4 Å². The lowest BCUT2D eigenvalue weighted by Crippen LogP contribution is -2.43. The number of carbonyl (C=O) groups is 1. The van der Waals surface area contributed by atoms with E-state index in [1.54, 1.807) is 13.2 Å². The van der Waals surface area contributed by atoms with Gasteiger partial charge in [-0.05, 0) is 31.9 Å². The Kier molecular flexibility index (Phi) is 4.27. The molecule has 2 aromatic heterocycles. The van der Waals surface area contributed by atoms with Crippen LogP contribution >= 0.6 is 0 Å². The van der Waals surface area contributed by atoms with E-state index in [1.807, 2.05) is 24.0 Å². The molecule has 0 aliphatic carbocycles. The average Bonchev–Trinajstić information content (AvgIpc) is 2.58. The maximum atomic E-state index is 12.5. The van der Waals surface area contributed by atoms with E-state index >= 15 is 0 Å². The van der Waals surface area contributed by atoms with Crippen LogP contribution in [0.2, 0.25) is 0 Å². The van der Waals surface area contributed by atoms with Gasteiger partial charge in [0.2, 0.25) is 5.91 Å². The van der Waals surface area contributed by atoms with Crippen molar-refractivity contribution in [2.45, 2.75) is 19.8 Å². The van der Waals surface area contributed by atoms with Gasteiger partial charge in [0.15, 0.2) is 11.5 Å². The normalized spacial score (nSPS) is 15.8. The van der Waals surface area contributed by atoms with Gasteiger partial charge in [-0.15, -0.1) is 0 Å². The lowest BCUT2D eigenvalue weighted by molar-refractivity contribution is -0.125. The number of fused-ring (bicyclic) bond motifs is 1. The largest absolute Gasteiger partial charge is 0.356 e. The number of nitrogens with zero attached hydrogens (tertiary/aromatic N) is 4. The van der Waals surface area contributed by atoms with Crippen LogP contribution in [0.3, 0.4) is 0 Å². The minimum absolute atomic E-state index is 0.0252. The Morgan fingerprint density at radius 3 is 2.83 bits per heavy atom. The predicted octanol–water partition coefficient (Wildman–Crippen LogP) is 0.681. The van der Waals surface area contributed by atoms with Gasteiger partial charge in [-0.2, -0.15) is 0 Å². The van der Waals surface area contributed by atoms with Gasteiger partial charge in [-0.25, -0.2) is 9.97 Å². The summed E-state index contributed by atoms with van der Waals surface area (Å²) in [6.07, 6.45) is 3.13. The second-order valence-corrected chi connectivity index (χ2v) is 5.80. The Bertz CT molecular complexity index is 778. The minimum atomic E-state index is -0.146. The highest BCUT2D eigenvalue weighted by atomic mass is 16.2. The Hall–Kier alpha value is -2.44. The van der Waals surface area contributed by atoms with Crippen LogP contribution in [0.25, 0.3) is 11.2 Å². The Labute approximate surface area is 134 Å². The smallest absolute Gasteiger partial charge is 0.294 e. The zero-order valence-corrected chi connectivity index (χ0v) is 13.5. The number of aromatic nitrogens is 3. The van der Waals surface area contributed by atoms with Crippen molar-refractivity contribution in [2.24, 2.45) is 13.0 Å². The Balaban J connectivity index is 1.84. The van der Waals surface area contributed by atoms with Crippen LogP contribution in [0.4, 0.5) is 5.82 Å². The van der Waals surface area contributed by atoms with Gasteiger partial charge in [0, 0.05) is 38.8 Å². The molecule has 1 fully saturated rings. The lowest BCUT2D eigenvalue weighted by atomic mass is 9.96. The molecule has 3 rings (SSSR count). The van der Waals surface area contributed by atoms with Crippen LogP contribution in [0.15, 0.2) is 23.1 Å². The van der Waals surface area contributed by atoms with E-state index in [9.17, 15) is 9.59 Å². The monoisotopic (exact) mass is 315 g/mol. The summed E-state index contributed by atoms with van der Waals surface area (Å²) in [6, 6.07) is 3.66. The molecule has 0 saturated carbocycles. The molecule has 1 aliphatic heterocycles. The third-order valence-corrected chi connectivity index (χ3v) is 4.32. The standard InChI is InChI=1S/C16H21N5O2/c1-3-17-15(22)11-6-9-21(10-7-11)14-16(23)20(2)13-12(19-14)5-4-8-18-13/h4-5,8,11H,3,6-7,9-10H2,1-2H3,(H,17,22). The topological polar surface area (TPSA) is 80.1 Å². The summed E-state index contributed by atoms with van der Waals surface area (Å²) in [6.45, 7) is 3.90. The van der Waals surface area contributed by atoms with Crippen LogP contribution in [0.5, 0.6) is 0 Å². The van der Waals surface area contributed by atoms with Gasteiger partial charge in [-0.3, -0.25) is 14.2 Å². The molecule has 0 unspecified atom stereocenters. The zero-order valence-electron chi connectivity index (χ0n) is 13.5. The number of nitrogens with one attached hydrogen (secondary N) is 1. The molecule has 3 heterocycles. The van der Waals surface area contributed by atoms with Gasteiger partial charge >= 0.3 is 0 Å². The second-order valence-electron chi connectivity index (χ2n) is 5.80. The molecule has 1 saturated heterocycles. The summed E-state index contributed by atoms with van der Waals surface area (Å²) in [5, 5.41) is 2.87. The average molecular weight is 315 g/mol. The molecule has 0 atom stereocenters. The fourth-order valence-corrected chi connectivity index (χ4v) is 3.02. The second kappa shape index (κ2) is 6.36. The summed E-state index contributed by atoms with van der Waals surface area (Å²) >= 11 is 0. The quantitative estimate of drug-likeness (QED) is 0.901. The summed E-state index contributed by atoms with van der Waals surface area (Å²) in [4.78, 5) is 35.1. The summed E-state index contributed by atoms with van der Waals surface area (Å²) in [5.74, 6) is 0.579. The number of carbonyl (C=O) groups excluding carboxylic acids is 1. The van der Waals surface area contributed by atoms with Gasteiger partial charge < -0.3 is 10.2 Å². The SMILES string of the molecule is CCNC(=O)C1CCN(c2nc3cccnc3n(C)c2=O)CC1. The number of pyridine rings is 1.